The molecule has 1 heterocycles. The molecule has 0 bridgehead atoms. The van der Waals surface area contributed by atoms with E-state index in [2.05, 4.69) is 5.32 Å². The zero-order valence-electron chi connectivity index (χ0n) is 14.8. The van der Waals surface area contributed by atoms with Crippen LogP contribution in [0.1, 0.15) is 36.0 Å². The number of rotatable bonds is 4. The van der Waals surface area contributed by atoms with Gasteiger partial charge in [0, 0.05) is 31.3 Å². The van der Waals surface area contributed by atoms with Crippen molar-refractivity contribution in [1.29, 1.82) is 0 Å². The maximum absolute atomic E-state index is 12.6. The van der Waals surface area contributed by atoms with Gasteiger partial charge in [0.1, 0.15) is 11.8 Å². The van der Waals surface area contributed by atoms with Crippen molar-refractivity contribution >= 4 is 34.4 Å². The number of carbonyl (C=O) groups is 3. The third-order valence-corrected chi connectivity index (χ3v) is 4.97. The second kappa shape index (κ2) is 7.19. The van der Waals surface area contributed by atoms with E-state index in [-0.39, 0.29) is 29.2 Å². The predicted octanol–water partition coefficient (Wildman–Crippen LogP) is 2.96. The van der Waals surface area contributed by atoms with E-state index in [0.29, 0.717) is 42.3 Å². The number of carboxylic acid groups (broad SMARTS) is 1. The average Bonchev–Trinajstić information content (AvgIpc) is 3.03. The van der Waals surface area contributed by atoms with Crippen molar-refractivity contribution in [3.63, 3.8) is 0 Å². The van der Waals surface area contributed by atoms with Crippen LogP contribution in [0.25, 0.3) is 11.0 Å². The van der Waals surface area contributed by atoms with Gasteiger partial charge in [0.15, 0.2) is 0 Å². The molecule has 26 heavy (non-hydrogen) atoms. The van der Waals surface area contributed by atoms with Crippen molar-refractivity contribution in [3.05, 3.63) is 30.0 Å². The Labute approximate surface area is 151 Å². The van der Waals surface area contributed by atoms with Gasteiger partial charge >= 0.3 is 5.97 Å². The minimum Gasteiger partial charge on any atom is -0.478 e. The van der Waals surface area contributed by atoms with Crippen LogP contribution in [-0.2, 0) is 9.59 Å². The topological polar surface area (TPSA) is 99.9 Å². The molecular weight excluding hydrogens is 336 g/mol. The molecule has 3 rings (SSSR count). The lowest BCUT2D eigenvalue weighted by molar-refractivity contribution is -0.135. The molecule has 2 amide bonds. The Bertz CT molecular complexity index is 847. The summed E-state index contributed by atoms with van der Waals surface area (Å²) in [5.41, 5.74) is 1.13. The van der Waals surface area contributed by atoms with Gasteiger partial charge in [-0.2, -0.15) is 0 Å². The highest BCUT2D eigenvalue weighted by Gasteiger charge is 2.31. The fourth-order valence-corrected chi connectivity index (χ4v) is 3.46. The van der Waals surface area contributed by atoms with Crippen molar-refractivity contribution < 1.29 is 23.9 Å². The number of hydrogen-bond acceptors (Lipinski definition) is 4. The number of aromatic carboxylic acids is 1. The lowest BCUT2D eigenvalue weighted by Crippen LogP contribution is -2.34. The summed E-state index contributed by atoms with van der Waals surface area (Å²) in [7, 11) is 3.49. The zero-order valence-corrected chi connectivity index (χ0v) is 14.8. The highest BCUT2D eigenvalue weighted by atomic mass is 16.4. The molecule has 1 fully saturated rings. The fraction of sp³-hybridized carbons (Fsp3) is 0.421. The summed E-state index contributed by atoms with van der Waals surface area (Å²) in [5, 5.41) is 12.5. The lowest BCUT2D eigenvalue weighted by Gasteiger charge is -2.28. The van der Waals surface area contributed by atoms with Crippen LogP contribution in [0.3, 0.4) is 0 Å². The van der Waals surface area contributed by atoms with Crippen LogP contribution in [0, 0.1) is 11.8 Å². The van der Waals surface area contributed by atoms with Gasteiger partial charge in [-0.1, -0.05) is 0 Å². The van der Waals surface area contributed by atoms with Gasteiger partial charge in [-0.05, 0) is 43.9 Å². The van der Waals surface area contributed by atoms with Crippen LogP contribution in [0.4, 0.5) is 5.69 Å². The Morgan fingerprint density at radius 3 is 2.38 bits per heavy atom. The summed E-state index contributed by atoms with van der Waals surface area (Å²) in [6.07, 6.45) is 4.14. The molecule has 0 saturated heterocycles. The summed E-state index contributed by atoms with van der Waals surface area (Å²) in [4.78, 5) is 37.3. The third kappa shape index (κ3) is 3.56. The molecule has 1 aromatic carbocycles. The van der Waals surface area contributed by atoms with Crippen molar-refractivity contribution in [2.45, 2.75) is 25.7 Å². The summed E-state index contributed by atoms with van der Waals surface area (Å²) in [6, 6.07) is 4.53. The first-order valence-corrected chi connectivity index (χ1v) is 8.63. The molecule has 0 radical (unpaired) electrons. The van der Waals surface area contributed by atoms with Gasteiger partial charge in [-0.15, -0.1) is 0 Å². The first-order valence-electron chi connectivity index (χ1n) is 8.63. The van der Waals surface area contributed by atoms with Gasteiger partial charge in [-0.3, -0.25) is 9.59 Å². The molecule has 7 nitrogen and oxygen atoms in total. The first-order chi connectivity index (χ1) is 12.4. The molecule has 138 valence electrons. The molecule has 7 heteroatoms. The largest absolute Gasteiger partial charge is 0.478 e. The Morgan fingerprint density at radius 2 is 1.77 bits per heavy atom. The van der Waals surface area contributed by atoms with Gasteiger partial charge in [-0.25, -0.2) is 4.79 Å². The molecule has 1 aliphatic carbocycles. The fourth-order valence-electron chi connectivity index (χ4n) is 3.46. The quantitative estimate of drug-likeness (QED) is 0.875. The number of amides is 2. The summed E-state index contributed by atoms with van der Waals surface area (Å²) in [5.74, 6) is -1.21. The molecule has 1 aliphatic rings. The number of benzene rings is 1. The van der Waals surface area contributed by atoms with Crippen LogP contribution in [-0.4, -0.2) is 41.9 Å². The molecule has 0 unspecified atom stereocenters. The maximum Gasteiger partial charge on any atom is 0.335 e. The number of nitrogens with one attached hydrogen (secondary N) is 1. The first kappa shape index (κ1) is 18.0. The summed E-state index contributed by atoms with van der Waals surface area (Å²) < 4.78 is 5.39. The number of fused-ring (bicyclic) bond motifs is 1. The Balaban J connectivity index is 1.67. The maximum atomic E-state index is 12.6. The number of carboxylic acids is 1. The van der Waals surface area contributed by atoms with Gasteiger partial charge in [0.25, 0.3) is 0 Å². The third-order valence-electron chi connectivity index (χ3n) is 4.97. The molecule has 1 saturated carbocycles. The Hall–Kier alpha value is -2.83. The summed E-state index contributed by atoms with van der Waals surface area (Å²) >= 11 is 0. The van der Waals surface area contributed by atoms with E-state index in [1.807, 2.05) is 0 Å². The second-order valence-electron chi connectivity index (χ2n) is 6.94. The molecule has 0 atom stereocenters. The molecule has 2 N–H and O–H groups in total. The van der Waals surface area contributed by atoms with E-state index in [0.717, 1.165) is 0 Å². The number of carbonyl (C=O) groups excluding carboxylic acids is 2. The molecule has 0 aliphatic heterocycles. The Morgan fingerprint density at radius 1 is 1.12 bits per heavy atom. The number of nitrogens with zero attached hydrogens (tertiary/aromatic N) is 1. The van der Waals surface area contributed by atoms with Gasteiger partial charge in [0.05, 0.1) is 11.3 Å². The van der Waals surface area contributed by atoms with E-state index in [1.165, 1.54) is 18.4 Å². The van der Waals surface area contributed by atoms with E-state index in [9.17, 15) is 14.4 Å². The molecule has 0 spiro atoms. The van der Waals surface area contributed by atoms with Crippen molar-refractivity contribution in [3.8, 4) is 0 Å². The SMILES string of the molecule is CN(C)C(=O)C1CCC(C(=O)Nc2coc3ccc(C(=O)O)cc23)CC1. The van der Waals surface area contributed by atoms with Gasteiger partial charge < -0.3 is 19.7 Å². The normalized spacial score (nSPS) is 19.9. The number of anilines is 1. The molecule has 2 aromatic rings. The van der Waals surface area contributed by atoms with Crippen LogP contribution >= 0.6 is 0 Å². The smallest absolute Gasteiger partial charge is 0.335 e. The average molecular weight is 358 g/mol. The van der Waals surface area contributed by atoms with E-state index >= 15 is 0 Å². The van der Waals surface area contributed by atoms with Crippen LogP contribution in [0.15, 0.2) is 28.9 Å². The highest BCUT2D eigenvalue weighted by molar-refractivity contribution is 6.03. The van der Waals surface area contributed by atoms with Crippen LogP contribution in [0.2, 0.25) is 0 Å². The van der Waals surface area contributed by atoms with Crippen molar-refractivity contribution in [1.82, 2.24) is 4.90 Å². The number of hydrogen-bond donors (Lipinski definition) is 2. The van der Waals surface area contributed by atoms with Crippen molar-refractivity contribution in [2.75, 3.05) is 19.4 Å². The minimum absolute atomic E-state index is 0.0121. The van der Waals surface area contributed by atoms with E-state index in [4.69, 9.17) is 9.52 Å². The monoisotopic (exact) mass is 358 g/mol. The van der Waals surface area contributed by atoms with Crippen LogP contribution in [0.5, 0.6) is 0 Å². The Kier molecular flexibility index (Phi) is 4.97. The minimum atomic E-state index is -1.03. The standard InChI is InChI=1S/C19H22N2O5/c1-21(2)18(23)12-5-3-11(4-6-12)17(22)20-15-10-26-16-8-7-13(19(24)25)9-14(15)16/h7-12H,3-6H2,1-2H3,(H,20,22)(H,24,25). The van der Waals surface area contributed by atoms with Crippen molar-refractivity contribution in [2.24, 2.45) is 11.8 Å². The molecular formula is C19H22N2O5. The lowest BCUT2D eigenvalue weighted by atomic mass is 9.81. The van der Waals surface area contributed by atoms with E-state index in [1.54, 1.807) is 25.1 Å². The zero-order chi connectivity index (χ0) is 18.8. The summed E-state index contributed by atoms with van der Waals surface area (Å²) in [6.45, 7) is 0. The van der Waals surface area contributed by atoms with E-state index < -0.39 is 5.97 Å². The molecule has 1 aromatic heterocycles. The number of furan rings is 1. The van der Waals surface area contributed by atoms with Gasteiger partial charge in [0.2, 0.25) is 11.8 Å². The predicted molar refractivity (Wildman–Crippen MR) is 95.9 cm³/mol. The second-order valence-corrected chi connectivity index (χ2v) is 6.94. The highest BCUT2D eigenvalue weighted by Crippen LogP contribution is 2.32. The van der Waals surface area contributed by atoms with Crippen LogP contribution < -0.4 is 5.32 Å².